The second-order valence-electron chi connectivity index (χ2n) is 10.1. The molecule has 2 rings (SSSR count). The van der Waals surface area contributed by atoms with Crippen LogP contribution in [0.1, 0.15) is 57.4 Å². The van der Waals surface area contributed by atoms with Crippen LogP contribution in [0.4, 0.5) is 4.79 Å². The number of nitrogens with one attached hydrogen (secondary N) is 2. The third kappa shape index (κ3) is 9.26. The smallest absolute Gasteiger partial charge is 0.408 e. The molecule has 0 aliphatic rings. The number of hydrogen-bond donors (Lipinski definition) is 2. The number of hydrogen-bond acceptors (Lipinski definition) is 4. The van der Waals surface area contributed by atoms with Gasteiger partial charge in [0.1, 0.15) is 17.7 Å². The van der Waals surface area contributed by atoms with Crippen LogP contribution in [-0.2, 0) is 20.7 Å². The Morgan fingerprint density at radius 2 is 1.68 bits per heavy atom. The van der Waals surface area contributed by atoms with Crippen LogP contribution in [0.5, 0.6) is 0 Å². The molecule has 7 heteroatoms. The van der Waals surface area contributed by atoms with Gasteiger partial charge in [0.25, 0.3) is 0 Å². The fraction of sp³-hybridized carbons (Fsp3) is 0.367. The summed E-state index contributed by atoms with van der Waals surface area (Å²) >= 11 is 0. The molecule has 7 nitrogen and oxygen atoms in total. The molecule has 198 valence electrons. The minimum Gasteiger partial charge on any atom is -0.444 e. The first-order valence-corrected chi connectivity index (χ1v) is 12.4. The van der Waals surface area contributed by atoms with Crippen LogP contribution in [0.2, 0.25) is 0 Å². The second-order valence-corrected chi connectivity index (χ2v) is 10.1. The molecule has 2 aromatic rings. The van der Waals surface area contributed by atoms with Crippen LogP contribution < -0.4 is 10.6 Å². The van der Waals surface area contributed by atoms with Gasteiger partial charge in [-0.25, -0.2) is 4.79 Å². The van der Waals surface area contributed by atoms with Crippen molar-refractivity contribution in [1.82, 2.24) is 15.5 Å². The summed E-state index contributed by atoms with van der Waals surface area (Å²) in [5.41, 5.74) is 1.56. The van der Waals surface area contributed by atoms with Crippen molar-refractivity contribution < 1.29 is 19.1 Å². The molecular formula is C30H39N3O4. The second kappa shape index (κ2) is 13.4. The maximum Gasteiger partial charge on any atom is 0.408 e. The summed E-state index contributed by atoms with van der Waals surface area (Å²) in [6.45, 7) is 16.7. The number of nitrogens with zero attached hydrogens (tertiary/aromatic N) is 1. The van der Waals surface area contributed by atoms with E-state index in [4.69, 9.17) is 4.74 Å². The summed E-state index contributed by atoms with van der Waals surface area (Å²) in [6.07, 6.45) is 2.76. The van der Waals surface area contributed by atoms with E-state index in [2.05, 4.69) is 23.8 Å². The van der Waals surface area contributed by atoms with Crippen molar-refractivity contribution in [1.29, 1.82) is 0 Å². The maximum absolute atomic E-state index is 14.1. The number of amides is 3. The molecule has 0 bridgehead atoms. The first-order valence-electron chi connectivity index (χ1n) is 12.4. The van der Waals surface area contributed by atoms with E-state index in [1.807, 2.05) is 62.4 Å². The highest BCUT2D eigenvalue weighted by atomic mass is 16.6. The highest BCUT2D eigenvalue weighted by Gasteiger charge is 2.36. The van der Waals surface area contributed by atoms with E-state index < -0.39 is 29.7 Å². The number of carbonyl (C=O) groups is 3. The molecule has 0 heterocycles. The van der Waals surface area contributed by atoms with Crippen LogP contribution in [-0.4, -0.2) is 47.0 Å². The summed E-state index contributed by atoms with van der Waals surface area (Å²) in [5.74, 6) is -0.760. The van der Waals surface area contributed by atoms with E-state index in [-0.39, 0.29) is 24.9 Å². The molecule has 0 aliphatic heterocycles. The summed E-state index contributed by atoms with van der Waals surface area (Å²) in [4.78, 5) is 41.8. The van der Waals surface area contributed by atoms with Gasteiger partial charge in [-0.1, -0.05) is 67.3 Å². The highest BCUT2D eigenvalue weighted by molar-refractivity contribution is 5.92. The van der Waals surface area contributed by atoms with E-state index in [0.29, 0.717) is 5.56 Å². The van der Waals surface area contributed by atoms with Crippen LogP contribution in [0.25, 0.3) is 6.08 Å². The highest BCUT2D eigenvalue weighted by Crippen LogP contribution is 2.25. The zero-order valence-electron chi connectivity index (χ0n) is 22.5. The van der Waals surface area contributed by atoms with Gasteiger partial charge in [0.2, 0.25) is 11.8 Å². The minimum atomic E-state index is -0.978. The fourth-order valence-corrected chi connectivity index (χ4v) is 3.85. The van der Waals surface area contributed by atoms with Crippen LogP contribution in [0.15, 0.2) is 73.8 Å². The third-order valence-electron chi connectivity index (χ3n) is 5.33. The van der Waals surface area contributed by atoms with Crippen molar-refractivity contribution in [2.24, 2.45) is 0 Å². The Hall–Kier alpha value is -3.87. The molecule has 0 radical (unpaired) electrons. The van der Waals surface area contributed by atoms with E-state index in [1.54, 1.807) is 39.0 Å². The third-order valence-corrected chi connectivity index (χ3v) is 5.33. The predicted molar refractivity (Wildman–Crippen MR) is 148 cm³/mol. The molecule has 0 saturated carbocycles. The van der Waals surface area contributed by atoms with E-state index in [0.717, 1.165) is 11.1 Å². The number of rotatable bonds is 11. The van der Waals surface area contributed by atoms with Gasteiger partial charge >= 0.3 is 6.09 Å². The van der Waals surface area contributed by atoms with E-state index in [9.17, 15) is 14.4 Å². The first-order chi connectivity index (χ1) is 17.4. The zero-order chi connectivity index (χ0) is 27.6. The van der Waals surface area contributed by atoms with Gasteiger partial charge in [-0.2, -0.15) is 0 Å². The lowest BCUT2D eigenvalue weighted by Crippen LogP contribution is -2.54. The Morgan fingerprint density at radius 3 is 2.24 bits per heavy atom. The number of alkyl carbamates (subject to hydrolysis) is 1. The molecule has 0 aromatic heterocycles. The van der Waals surface area contributed by atoms with Gasteiger partial charge in [-0.3, -0.25) is 9.59 Å². The average molecular weight is 506 g/mol. The van der Waals surface area contributed by atoms with Crippen molar-refractivity contribution in [3.8, 4) is 0 Å². The first kappa shape index (κ1) is 29.4. The van der Waals surface area contributed by atoms with Crippen molar-refractivity contribution >= 4 is 24.0 Å². The standard InChI is InChI=1S/C30H39N3O4/c1-8-18-33(26(27(34)31-21(3)4)24-17-13-16-22(9-2)19-24)28(35)25(20-23-14-11-10-12-15-23)32-29(36)37-30(5,6)7/h8-17,19,21,25-26H,1-2,18,20H2,3-7H3,(H,31,34)(H,32,36). The van der Waals surface area contributed by atoms with E-state index in [1.165, 1.54) is 4.90 Å². The Kier molecular flexibility index (Phi) is 10.7. The molecule has 3 amide bonds. The van der Waals surface area contributed by atoms with Crippen molar-refractivity contribution in [3.63, 3.8) is 0 Å². The largest absolute Gasteiger partial charge is 0.444 e. The van der Waals surface area contributed by atoms with Gasteiger partial charge in [-0.15, -0.1) is 6.58 Å². The average Bonchev–Trinajstić information content (AvgIpc) is 2.82. The number of ether oxygens (including phenoxy) is 1. The maximum atomic E-state index is 14.1. The predicted octanol–water partition coefficient (Wildman–Crippen LogP) is 5.05. The lowest BCUT2D eigenvalue weighted by Gasteiger charge is -2.34. The molecule has 0 saturated heterocycles. The summed E-state index contributed by atoms with van der Waals surface area (Å²) < 4.78 is 5.44. The molecule has 0 spiro atoms. The topological polar surface area (TPSA) is 87.7 Å². The molecule has 0 aliphatic carbocycles. The zero-order valence-corrected chi connectivity index (χ0v) is 22.5. The Bertz CT molecular complexity index is 1090. The number of benzene rings is 2. The van der Waals surface area contributed by atoms with Crippen LogP contribution >= 0.6 is 0 Å². The van der Waals surface area contributed by atoms with Gasteiger partial charge in [0.05, 0.1) is 0 Å². The lowest BCUT2D eigenvalue weighted by molar-refractivity contribution is -0.142. The Balaban J connectivity index is 2.54. The molecule has 2 aromatic carbocycles. The van der Waals surface area contributed by atoms with Gasteiger partial charge in [0, 0.05) is 19.0 Å². The molecule has 2 N–H and O–H groups in total. The van der Waals surface area contributed by atoms with E-state index >= 15 is 0 Å². The Labute approximate surface area is 220 Å². The van der Waals surface area contributed by atoms with Crippen LogP contribution in [0, 0.1) is 0 Å². The van der Waals surface area contributed by atoms with Gasteiger partial charge < -0.3 is 20.3 Å². The fourth-order valence-electron chi connectivity index (χ4n) is 3.85. The lowest BCUT2D eigenvalue weighted by atomic mass is 9.98. The van der Waals surface area contributed by atoms with Crippen molar-refractivity contribution in [2.45, 2.75) is 64.8 Å². The summed E-state index contributed by atoms with van der Waals surface area (Å²) in [6, 6.07) is 14.6. The van der Waals surface area contributed by atoms with Crippen molar-refractivity contribution in [2.75, 3.05) is 6.54 Å². The molecular weight excluding hydrogens is 466 g/mol. The molecule has 2 atom stereocenters. The summed E-state index contributed by atoms with van der Waals surface area (Å²) in [7, 11) is 0. The molecule has 37 heavy (non-hydrogen) atoms. The monoisotopic (exact) mass is 505 g/mol. The summed E-state index contributed by atoms with van der Waals surface area (Å²) in [5, 5.41) is 5.66. The minimum absolute atomic E-state index is 0.0919. The molecule has 2 unspecified atom stereocenters. The van der Waals surface area contributed by atoms with Crippen molar-refractivity contribution in [3.05, 3.63) is 90.5 Å². The van der Waals surface area contributed by atoms with Crippen LogP contribution in [0.3, 0.4) is 0 Å². The SMILES string of the molecule is C=CCN(C(=O)C(Cc1ccccc1)NC(=O)OC(C)(C)C)C(C(=O)NC(C)C)c1cccc(C=C)c1. The Morgan fingerprint density at radius 1 is 1.00 bits per heavy atom. The van der Waals surface area contributed by atoms with Gasteiger partial charge in [-0.05, 0) is 57.4 Å². The number of carbonyl (C=O) groups excluding carboxylic acids is 3. The normalized spacial score (nSPS) is 12.7. The van der Waals surface area contributed by atoms with Gasteiger partial charge in [0.15, 0.2) is 0 Å². The molecule has 0 fully saturated rings. The quantitative estimate of drug-likeness (QED) is 0.419.